The summed E-state index contributed by atoms with van der Waals surface area (Å²) in [6, 6.07) is 0. The van der Waals surface area contributed by atoms with E-state index in [0.717, 1.165) is 13.1 Å². The lowest BCUT2D eigenvalue weighted by molar-refractivity contribution is 0.242. The first-order chi connectivity index (χ1) is 3.41. The molecule has 0 saturated carbocycles. The van der Waals surface area contributed by atoms with Crippen LogP contribution in [0.3, 0.4) is 0 Å². The molecule has 0 fully saturated rings. The Morgan fingerprint density at radius 2 is 2.43 bits per heavy atom. The van der Waals surface area contributed by atoms with Crippen molar-refractivity contribution in [2.75, 3.05) is 19.7 Å². The van der Waals surface area contributed by atoms with Crippen LogP contribution in [0.1, 0.15) is 6.92 Å². The van der Waals surface area contributed by atoms with Gasteiger partial charge in [-0.15, -0.1) is 0 Å². The van der Waals surface area contributed by atoms with Gasteiger partial charge < -0.3 is 10.1 Å². The molecule has 0 atom stereocenters. The molecule has 0 aromatic rings. The molecule has 43 valence electrons. The summed E-state index contributed by atoms with van der Waals surface area (Å²) in [5.41, 5.74) is 0. The normalized spacial score (nSPS) is 9.43. The third kappa shape index (κ3) is 5.92. The van der Waals surface area contributed by atoms with Crippen molar-refractivity contribution in [1.82, 2.24) is 5.32 Å². The van der Waals surface area contributed by atoms with Gasteiger partial charge in [0.25, 0.3) is 0 Å². The summed E-state index contributed by atoms with van der Waals surface area (Å²) in [6.45, 7) is 4.67. The molecule has 1 radical (unpaired) electrons. The third-order valence-corrected chi connectivity index (χ3v) is 0.673. The molecule has 0 aliphatic carbocycles. The Labute approximate surface area is 44.9 Å². The van der Waals surface area contributed by atoms with E-state index in [1.54, 1.807) is 0 Å². The molecular formula is C5H12NO. The van der Waals surface area contributed by atoms with Gasteiger partial charge in [-0.05, 0) is 6.54 Å². The van der Waals surface area contributed by atoms with Crippen LogP contribution in [0.2, 0.25) is 0 Å². The largest absolute Gasteiger partial charge is 0.378 e. The molecule has 0 spiro atoms. The number of nitrogens with one attached hydrogen (secondary N) is 1. The van der Waals surface area contributed by atoms with Crippen LogP contribution in [0.4, 0.5) is 0 Å². The molecule has 2 nitrogen and oxygen atoms in total. The van der Waals surface area contributed by atoms with Crippen LogP contribution in [-0.2, 0) is 4.74 Å². The van der Waals surface area contributed by atoms with Gasteiger partial charge in [-0.2, -0.15) is 0 Å². The van der Waals surface area contributed by atoms with Gasteiger partial charge in [-0.25, -0.2) is 0 Å². The van der Waals surface area contributed by atoms with Crippen LogP contribution in [0.5, 0.6) is 0 Å². The average molecular weight is 102 g/mol. The average Bonchev–Trinajstić information content (AvgIpc) is 1.69. The number of hydrogen-bond acceptors (Lipinski definition) is 2. The first-order valence-electron chi connectivity index (χ1n) is 2.49. The van der Waals surface area contributed by atoms with Gasteiger partial charge in [0.1, 0.15) is 0 Å². The second-order valence-corrected chi connectivity index (χ2v) is 1.26. The van der Waals surface area contributed by atoms with E-state index in [2.05, 4.69) is 24.1 Å². The van der Waals surface area contributed by atoms with E-state index in [4.69, 9.17) is 0 Å². The highest BCUT2D eigenvalue weighted by Gasteiger charge is 1.77. The van der Waals surface area contributed by atoms with E-state index in [1.165, 1.54) is 0 Å². The number of rotatable bonds is 4. The molecule has 7 heavy (non-hydrogen) atoms. The van der Waals surface area contributed by atoms with Gasteiger partial charge in [0.05, 0.1) is 13.7 Å². The monoisotopic (exact) mass is 102 g/mol. The van der Waals surface area contributed by atoms with Gasteiger partial charge in [-0.3, -0.25) is 0 Å². The number of likely N-dealkylation sites (N-methyl/N-ethyl adjacent to an activating group) is 1. The first kappa shape index (κ1) is 6.92. The van der Waals surface area contributed by atoms with E-state index >= 15 is 0 Å². The standard InChI is InChI=1S/C5H12NO/c1-3-6-4-5-7-2/h6H,2-5H2,1H3. The second-order valence-electron chi connectivity index (χ2n) is 1.26. The minimum Gasteiger partial charge on any atom is -0.378 e. The molecular weight excluding hydrogens is 90.1 g/mol. The van der Waals surface area contributed by atoms with E-state index in [0.29, 0.717) is 6.61 Å². The zero-order valence-corrected chi connectivity index (χ0v) is 4.74. The molecule has 0 saturated heterocycles. The molecule has 0 bridgehead atoms. The van der Waals surface area contributed by atoms with Crippen molar-refractivity contribution in [1.29, 1.82) is 0 Å². The van der Waals surface area contributed by atoms with Gasteiger partial charge in [0.2, 0.25) is 0 Å². The number of ether oxygens (including phenoxy) is 1. The van der Waals surface area contributed by atoms with Gasteiger partial charge in [-0.1, -0.05) is 6.92 Å². The summed E-state index contributed by atoms with van der Waals surface area (Å²) < 4.78 is 4.53. The van der Waals surface area contributed by atoms with E-state index < -0.39 is 0 Å². The highest BCUT2D eigenvalue weighted by Crippen LogP contribution is 1.63. The molecule has 0 unspecified atom stereocenters. The fourth-order valence-corrected chi connectivity index (χ4v) is 0.321. The van der Waals surface area contributed by atoms with Crippen molar-refractivity contribution >= 4 is 0 Å². The molecule has 1 N–H and O–H groups in total. The predicted molar refractivity (Wildman–Crippen MR) is 29.9 cm³/mol. The van der Waals surface area contributed by atoms with Crippen LogP contribution >= 0.6 is 0 Å². The SMILES string of the molecule is [CH2]OCCNCC. The van der Waals surface area contributed by atoms with Crippen molar-refractivity contribution in [3.63, 3.8) is 0 Å². The van der Waals surface area contributed by atoms with Crippen LogP contribution in [0.25, 0.3) is 0 Å². The van der Waals surface area contributed by atoms with Gasteiger partial charge >= 0.3 is 0 Å². The summed E-state index contributed by atoms with van der Waals surface area (Å²) >= 11 is 0. The van der Waals surface area contributed by atoms with Gasteiger partial charge in [0, 0.05) is 6.54 Å². The Balaban J connectivity index is 2.45. The molecule has 0 aliphatic heterocycles. The maximum Gasteiger partial charge on any atom is 0.0701 e. The molecule has 0 aromatic carbocycles. The first-order valence-corrected chi connectivity index (χ1v) is 2.49. The Hall–Kier alpha value is -0.0800. The summed E-state index contributed by atoms with van der Waals surface area (Å²) in [4.78, 5) is 0. The highest BCUT2D eigenvalue weighted by molar-refractivity contribution is 4.37. The Morgan fingerprint density at radius 1 is 1.71 bits per heavy atom. The van der Waals surface area contributed by atoms with Crippen molar-refractivity contribution in [3.8, 4) is 0 Å². The molecule has 0 heterocycles. The highest BCUT2D eigenvalue weighted by atomic mass is 16.5. The predicted octanol–water partition coefficient (Wildman–Crippen LogP) is 0.404. The molecule has 0 aliphatic rings. The Morgan fingerprint density at radius 3 is 2.86 bits per heavy atom. The van der Waals surface area contributed by atoms with Gasteiger partial charge in [0.15, 0.2) is 0 Å². The lowest BCUT2D eigenvalue weighted by Crippen LogP contribution is -2.17. The summed E-state index contributed by atoms with van der Waals surface area (Å²) in [6.07, 6.45) is 0. The van der Waals surface area contributed by atoms with E-state index in [9.17, 15) is 0 Å². The smallest absolute Gasteiger partial charge is 0.0701 e. The molecule has 0 aromatic heterocycles. The number of hydrogen-bond donors (Lipinski definition) is 1. The van der Waals surface area contributed by atoms with Crippen molar-refractivity contribution in [2.45, 2.75) is 6.92 Å². The van der Waals surface area contributed by atoms with E-state index in [1.807, 2.05) is 0 Å². The van der Waals surface area contributed by atoms with Crippen molar-refractivity contribution in [2.24, 2.45) is 0 Å². The van der Waals surface area contributed by atoms with Crippen LogP contribution in [0, 0.1) is 7.11 Å². The topological polar surface area (TPSA) is 21.3 Å². The summed E-state index contributed by atoms with van der Waals surface area (Å²) in [5, 5.41) is 3.08. The van der Waals surface area contributed by atoms with Crippen LogP contribution in [0.15, 0.2) is 0 Å². The molecule has 2 heteroatoms. The van der Waals surface area contributed by atoms with Crippen molar-refractivity contribution < 1.29 is 4.74 Å². The summed E-state index contributed by atoms with van der Waals surface area (Å²) in [7, 11) is 3.22. The minimum atomic E-state index is 0.702. The maximum absolute atomic E-state index is 4.53. The lowest BCUT2D eigenvalue weighted by atomic mass is 10.6. The fourth-order valence-electron chi connectivity index (χ4n) is 0.321. The fraction of sp³-hybridized carbons (Fsp3) is 0.800. The van der Waals surface area contributed by atoms with Crippen molar-refractivity contribution in [3.05, 3.63) is 7.11 Å². The molecule has 0 amide bonds. The minimum absolute atomic E-state index is 0.702. The zero-order chi connectivity index (χ0) is 5.54. The maximum atomic E-state index is 4.53. The van der Waals surface area contributed by atoms with Crippen LogP contribution < -0.4 is 5.32 Å². The Bertz CT molecular complexity index is 27.3. The lowest BCUT2D eigenvalue weighted by Gasteiger charge is -1.96. The van der Waals surface area contributed by atoms with E-state index in [-0.39, 0.29) is 0 Å². The summed E-state index contributed by atoms with van der Waals surface area (Å²) in [5.74, 6) is 0. The second kappa shape index (κ2) is 5.92. The zero-order valence-electron chi connectivity index (χ0n) is 4.74. The quantitative estimate of drug-likeness (QED) is 0.519. The Kier molecular flexibility index (Phi) is 5.85. The third-order valence-electron chi connectivity index (χ3n) is 0.673. The van der Waals surface area contributed by atoms with Crippen LogP contribution in [-0.4, -0.2) is 19.7 Å². The molecule has 0 rings (SSSR count).